The van der Waals surface area contributed by atoms with Crippen molar-refractivity contribution >= 4 is 5.91 Å². The zero-order valence-corrected chi connectivity index (χ0v) is 11.0. The summed E-state index contributed by atoms with van der Waals surface area (Å²) in [6, 6.07) is 0.269. The SMILES string of the molecule is CCCCCN(C(=O)C1(N)CCC1)C(C)C. The van der Waals surface area contributed by atoms with Gasteiger partial charge in [-0.1, -0.05) is 19.8 Å². The first-order chi connectivity index (χ1) is 7.51. The van der Waals surface area contributed by atoms with Crippen LogP contribution in [-0.2, 0) is 4.79 Å². The maximum atomic E-state index is 12.3. The van der Waals surface area contributed by atoms with Crippen LogP contribution in [-0.4, -0.2) is 28.9 Å². The van der Waals surface area contributed by atoms with Crippen LogP contribution in [0, 0.1) is 0 Å². The predicted octanol–water partition coefficient (Wildman–Crippen LogP) is 2.29. The topological polar surface area (TPSA) is 46.3 Å². The lowest BCUT2D eigenvalue weighted by atomic mass is 9.76. The van der Waals surface area contributed by atoms with E-state index in [0.29, 0.717) is 0 Å². The van der Waals surface area contributed by atoms with Crippen LogP contribution in [0.25, 0.3) is 0 Å². The van der Waals surface area contributed by atoms with E-state index >= 15 is 0 Å². The highest BCUT2D eigenvalue weighted by Crippen LogP contribution is 2.31. The number of hydrogen-bond acceptors (Lipinski definition) is 2. The number of unbranched alkanes of at least 4 members (excludes halogenated alkanes) is 2. The first kappa shape index (κ1) is 13.5. The molecule has 94 valence electrons. The molecule has 0 bridgehead atoms. The average molecular weight is 226 g/mol. The van der Waals surface area contributed by atoms with E-state index in [-0.39, 0.29) is 11.9 Å². The van der Waals surface area contributed by atoms with Crippen LogP contribution in [0.2, 0.25) is 0 Å². The lowest BCUT2D eigenvalue weighted by Gasteiger charge is -2.42. The molecule has 0 aromatic rings. The second-order valence-electron chi connectivity index (χ2n) is 5.31. The van der Waals surface area contributed by atoms with E-state index in [1.165, 1.54) is 12.8 Å². The molecule has 1 rings (SSSR count). The van der Waals surface area contributed by atoms with Crippen molar-refractivity contribution in [3.05, 3.63) is 0 Å². The third-order valence-electron chi connectivity index (χ3n) is 3.56. The minimum absolute atomic E-state index is 0.171. The molecule has 1 aliphatic carbocycles. The van der Waals surface area contributed by atoms with Crippen molar-refractivity contribution in [3.8, 4) is 0 Å². The maximum Gasteiger partial charge on any atom is 0.242 e. The van der Waals surface area contributed by atoms with Crippen molar-refractivity contribution in [2.45, 2.75) is 70.9 Å². The Morgan fingerprint density at radius 2 is 2.00 bits per heavy atom. The van der Waals surface area contributed by atoms with Gasteiger partial charge in [0.15, 0.2) is 0 Å². The second-order valence-corrected chi connectivity index (χ2v) is 5.31. The zero-order valence-electron chi connectivity index (χ0n) is 11.0. The van der Waals surface area contributed by atoms with Gasteiger partial charge in [-0.25, -0.2) is 0 Å². The summed E-state index contributed by atoms with van der Waals surface area (Å²) in [7, 11) is 0. The monoisotopic (exact) mass is 226 g/mol. The molecule has 0 saturated heterocycles. The van der Waals surface area contributed by atoms with Gasteiger partial charge in [-0.2, -0.15) is 0 Å². The summed E-state index contributed by atoms with van der Waals surface area (Å²) in [6.45, 7) is 7.19. The molecule has 16 heavy (non-hydrogen) atoms. The van der Waals surface area contributed by atoms with Gasteiger partial charge in [-0.05, 0) is 39.5 Å². The van der Waals surface area contributed by atoms with Crippen molar-refractivity contribution < 1.29 is 4.79 Å². The fourth-order valence-electron chi connectivity index (χ4n) is 2.18. The zero-order chi connectivity index (χ0) is 12.2. The fourth-order valence-corrected chi connectivity index (χ4v) is 2.18. The first-order valence-corrected chi connectivity index (χ1v) is 6.61. The van der Waals surface area contributed by atoms with Gasteiger partial charge in [0.25, 0.3) is 0 Å². The van der Waals surface area contributed by atoms with Gasteiger partial charge in [-0.3, -0.25) is 4.79 Å². The highest BCUT2D eigenvalue weighted by molar-refractivity contribution is 5.87. The van der Waals surface area contributed by atoms with Gasteiger partial charge in [0.2, 0.25) is 5.91 Å². The Morgan fingerprint density at radius 1 is 1.38 bits per heavy atom. The smallest absolute Gasteiger partial charge is 0.242 e. The third-order valence-corrected chi connectivity index (χ3v) is 3.56. The van der Waals surface area contributed by atoms with E-state index in [0.717, 1.165) is 32.2 Å². The molecule has 0 aliphatic heterocycles. The number of carbonyl (C=O) groups is 1. The second kappa shape index (κ2) is 5.67. The quantitative estimate of drug-likeness (QED) is 0.706. The molecule has 0 radical (unpaired) electrons. The van der Waals surface area contributed by atoms with Crippen LogP contribution in [0.15, 0.2) is 0 Å². The summed E-state index contributed by atoms with van der Waals surface area (Å²) in [4.78, 5) is 14.3. The van der Waals surface area contributed by atoms with Crippen molar-refractivity contribution in [1.29, 1.82) is 0 Å². The first-order valence-electron chi connectivity index (χ1n) is 6.61. The summed E-state index contributed by atoms with van der Waals surface area (Å²) in [5.74, 6) is 0.171. The molecule has 0 aromatic heterocycles. The van der Waals surface area contributed by atoms with Gasteiger partial charge in [0, 0.05) is 12.6 Å². The largest absolute Gasteiger partial charge is 0.339 e. The van der Waals surface area contributed by atoms with E-state index in [2.05, 4.69) is 20.8 Å². The number of carbonyl (C=O) groups excluding carboxylic acids is 1. The Balaban J connectivity index is 2.52. The van der Waals surface area contributed by atoms with Crippen molar-refractivity contribution in [2.24, 2.45) is 5.73 Å². The molecule has 0 aromatic carbocycles. The van der Waals surface area contributed by atoms with Crippen LogP contribution in [0.5, 0.6) is 0 Å². The average Bonchev–Trinajstić information content (AvgIpc) is 2.19. The van der Waals surface area contributed by atoms with E-state index in [1.54, 1.807) is 0 Å². The van der Waals surface area contributed by atoms with Crippen LogP contribution in [0.3, 0.4) is 0 Å². The standard InChI is InChI=1S/C13H26N2O/c1-4-5-6-10-15(11(2)3)12(16)13(14)8-7-9-13/h11H,4-10,14H2,1-3H3. The Bertz CT molecular complexity index is 234. The van der Waals surface area contributed by atoms with Crippen LogP contribution in [0.4, 0.5) is 0 Å². The maximum absolute atomic E-state index is 12.3. The van der Waals surface area contributed by atoms with Crippen molar-refractivity contribution in [3.63, 3.8) is 0 Å². The summed E-state index contributed by atoms with van der Waals surface area (Å²) in [6.07, 6.45) is 6.30. The molecule has 3 heteroatoms. The molecule has 0 unspecified atom stereocenters. The summed E-state index contributed by atoms with van der Waals surface area (Å²) in [5, 5.41) is 0. The van der Waals surface area contributed by atoms with E-state index < -0.39 is 5.54 Å². The predicted molar refractivity (Wildman–Crippen MR) is 67.1 cm³/mol. The number of amides is 1. The lowest BCUT2D eigenvalue weighted by Crippen LogP contribution is -2.60. The molecule has 1 amide bonds. The summed E-state index contributed by atoms with van der Waals surface area (Å²) >= 11 is 0. The van der Waals surface area contributed by atoms with Crippen LogP contribution < -0.4 is 5.73 Å². The number of hydrogen-bond donors (Lipinski definition) is 1. The normalized spacial score (nSPS) is 18.3. The molecular formula is C13H26N2O. The lowest BCUT2D eigenvalue weighted by molar-refractivity contribution is -0.142. The molecule has 0 heterocycles. The van der Waals surface area contributed by atoms with Gasteiger partial charge in [-0.15, -0.1) is 0 Å². The Hall–Kier alpha value is -0.570. The molecule has 2 N–H and O–H groups in total. The Kier molecular flexibility index (Phi) is 4.78. The summed E-state index contributed by atoms with van der Waals surface area (Å²) in [5.41, 5.74) is 5.57. The Morgan fingerprint density at radius 3 is 2.38 bits per heavy atom. The highest BCUT2D eigenvalue weighted by Gasteiger charge is 2.42. The van der Waals surface area contributed by atoms with E-state index in [4.69, 9.17) is 5.73 Å². The fraction of sp³-hybridized carbons (Fsp3) is 0.923. The molecule has 0 atom stereocenters. The molecule has 0 spiro atoms. The molecular weight excluding hydrogens is 200 g/mol. The summed E-state index contributed by atoms with van der Waals surface area (Å²) < 4.78 is 0. The van der Waals surface area contributed by atoms with Crippen molar-refractivity contribution in [1.82, 2.24) is 4.90 Å². The van der Waals surface area contributed by atoms with Crippen LogP contribution >= 0.6 is 0 Å². The molecule has 1 fully saturated rings. The number of rotatable bonds is 6. The van der Waals surface area contributed by atoms with Gasteiger partial charge in [0.05, 0.1) is 5.54 Å². The molecule has 1 aliphatic rings. The number of nitrogens with zero attached hydrogens (tertiary/aromatic N) is 1. The van der Waals surface area contributed by atoms with Gasteiger partial charge in [0.1, 0.15) is 0 Å². The van der Waals surface area contributed by atoms with Gasteiger partial charge < -0.3 is 10.6 Å². The molecule has 3 nitrogen and oxygen atoms in total. The number of nitrogens with two attached hydrogens (primary N) is 1. The molecule has 1 saturated carbocycles. The minimum atomic E-state index is -0.531. The van der Waals surface area contributed by atoms with E-state index in [1.807, 2.05) is 4.90 Å². The highest BCUT2D eigenvalue weighted by atomic mass is 16.2. The van der Waals surface area contributed by atoms with Crippen LogP contribution in [0.1, 0.15) is 59.3 Å². The van der Waals surface area contributed by atoms with Gasteiger partial charge >= 0.3 is 0 Å². The third kappa shape index (κ3) is 2.97. The van der Waals surface area contributed by atoms with E-state index in [9.17, 15) is 4.79 Å². The minimum Gasteiger partial charge on any atom is -0.339 e. The van der Waals surface area contributed by atoms with Crippen molar-refractivity contribution in [2.75, 3.05) is 6.54 Å². The Labute approximate surface area is 99.4 Å².